The molecule has 2 N–H and O–H groups in total. The highest BCUT2D eigenvalue weighted by Crippen LogP contribution is 2.08. The van der Waals surface area contributed by atoms with Crippen molar-refractivity contribution in [3.05, 3.63) is 0 Å². The van der Waals surface area contributed by atoms with Crippen molar-refractivity contribution < 1.29 is 14.3 Å². The first kappa shape index (κ1) is 13.7. The molecule has 2 atom stereocenters. The maximum Gasteiger partial charge on any atom is 0.236 e. The molecular formula is C12H23N3O3. The summed E-state index contributed by atoms with van der Waals surface area (Å²) in [6.07, 6.45) is 0.0382. The second kappa shape index (κ2) is 6.47. The summed E-state index contributed by atoms with van der Waals surface area (Å²) in [7, 11) is 0. The molecule has 2 rings (SSSR count). The zero-order valence-corrected chi connectivity index (χ0v) is 11.0. The molecule has 2 saturated heterocycles. The average molecular weight is 257 g/mol. The van der Waals surface area contributed by atoms with Gasteiger partial charge >= 0.3 is 0 Å². The normalized spacial score (nSPS) is 28.1. The fourth-order valence-corrected chi connectivity index (χ4v) is 2.30. The SMILES string of the molecule is CC(N)C1CN(CC(=O)N2CCOCC2)CCO1. The van der Waals surface area contributed by atoms with Crippen LogP contribution in [0, 0.1) is 0 Å². The van der Waals surface area contributed by atoms with Gasteiger partial charge in [0.2, 0.25) is 5.91 Å². The van der Waals surface area contributed by atoms with Crippen molar-refractivity contribution in [2.24, 2.45) is 5.73 Å². The third kappa shape index (κ3) is 3.65. The minimum absolute atomic E-state index is 0.00582. The zero-order chi connectivity index (χ0) is 13.0. The molecule has 6 nitrogen and oxygen atoms in total. The molecule has 18 heavy (non-hydrogen) atoms. The van der Waals surface area contributed by atoms with Crippen LogP contribution in [0.5, 0.6) is 0 Å². The number of carbonyl (C=O) groups is 1. The van der Waals surface area contributed by atoms with Crippen molar-refractivity contribution in [2.45, 2.75) is 19.1 Å². The summed E-state index contributed by atoms with van der Waals surface area (Å²) in [4.78, 5) is 16.1. The predicted octanol–water partition coefficient (Wildman–Crippen LogP) is -1.11. The second-order valence-electron chi connectivity index (χ2n) is 5.00. The van der Waals surface area contributed by atoms with Crippen molar-refractivity contribution in [1.29, 1.82) is 0 Å². The molecule has 2 aliphatic heterocycles. The summed E-state index contributed by atoms with van der Waals surface area (Å²) >= 11 is 0. The Balaban J connectivity index is 1.79. The van der Waals surface area contributed by atoms with E-state index in [1.54, 1.807) is 0 Å². The molecule has 2 aliphatic rings. The van der Waals surface area contributed by atoms with Crippen LogP contribution in [0.25, 0.3) is 0 Å². The molecule has 104 valence electrons. The molecular weight excluding hydrogens is 234 g/mol. The second-order valence-corrected chi connectivity index (χ2v) is 5.00. The summed E-state index contributed by atoms with van der Waals surface area (Å²) in [5, 5.41) is 0. The smallest absolute Gasteiger partial charge is 0.236 e. The molecule has 0 bridgehead atoms. The standard InChI is InChI=1S/C12H23N3O3/c1-10(13)11-8-14(2-7-18-11)9-12(16)15-3-5-17-6-4-15/h10-11H,2-9,13H2,1H3. The third-order valence-electron chi connectivity index (χ3n) is 3.49. The molecule has 1 amide bonds. The highest BCUT2D eigenvalue weighted by molar-refractivity contribution is 5.78. The fourth-order valence-electron chi connectivity index (χ4n) is 2.30. The lowest BCUT2D eigenvalue weighted by Gasteiger charge is -2.36. The Morgan fingerprint density at radius 2 is 2.06 bits per heavy atom. The Bertz CT molecular complexity index is 280. The first-order chi connectivity index (χ1) is 8.66. The molecule has 0 aromatic carbocycles. The van der Waals surface area contributed by atoms with E-state index in [0.29, 0.717) is 39.5 Å². The predicted molar refractivity (Wildman–Crippen MR) is 67.2 cm³/mol. The van der Waals surface area contributed by atoms with Crippen LogP contribution in [0.4, 0.5) is 0 Å². The number of hydrogen-bond acceptors (Lipinski definition) is 5. The first-order valence-electron chi connectivity index (χ1n) is 6.62. The number of rotatable bonds is 3. The third-order valence-corrected chi connectivity index (χ3v) is 3.49. The summed E-state index contributed by atoms with van der Waals surface area (Å²) in [6.45, 7) is 7.33. The molecule has 0 spiro atoms. The lowest BCUT2D eigenvalue weighted by Crippen LogP contribution is -2.53. The van der Waals surface area contributed by atoms with E-state index in [-0.39, 0.29) is 18.1 Å². The number of nitrogens with zero attached hydrogens (tertiary/aromatic N) is 2. The molecule has 0 aromatic heterocycles. The van der Waals surface area contributed by atoms with Crippen LogP contribution in [0.2, 0.25) is 0 Å². The van der Waals surface area contributed by atoms with E-state index in [9.17, 15) is 4.79 Å². The number of morpholine rings is 2. The summed E-state index contributed by atoms with van der Waals surface area (Å²) < 4.78 is 10.8. The number of hydrogen-bond donors (Lipinski definition) is 1. The van der Waals surface area contributed by atoms with Gasteiger partial charge in [0.15, 0.2) is 0 Å². The van der Waals surface area contributed by atoms with Crippen LogP contribution in [0.1, 0.15) is 6.92 Å². The number of amides is 1. The van der Waals surface area contributed by atoms with Gasteiger partial charge in [0.1, 0.15) is 0 Å². The van der Waals surface area contributed by atoms with E-state index in [2.05, 4.69) is 4.90 Å². The monoisotopic (exact) mass is 257 g/mol. The van der Waals surface area contributed by atoms with Gasteiger partial charge in [0, 0.05) is 32.2 Å². The molecule has 0 saturated carbocycles. The van der Waals surface area contributed by atoms with Crippen molar-refractivity contribution in [1.82, 2.24) is 9.80 Å². The summed E-state index contributed by atoms with van der Waals surface area (Å²) in [5.74, 6) is 0.184. The van der Waals surface area contributed by atoms with Crippen molar-refractivity contribution >= 4 is 5.91 Å². The van der Waals surface area contributed by atoms with Gasteiger partial charge in [-0.05, 0) is 6.92 Å². The topological polar surface area (TPSA) is 68.0 Å². The molecule has 6 heteroatoms. The van der Waals surface area contributed by atoms with E-state index in [1.807, 2.05) is 11.8 Å². The van der Waals surface area contributed by atoms with Crippen LogP contribution in [-0.4, -0.2) is 80.4 Å². The van der Waals surface area contributed by atoms with Gasteiger partial charge in [-0.3, -0.25) is 9.69 Å². The molecule has 0 radical (unpaired) electrons. The summed E-state index contributed by atoms with van der Waals surface area (Å²) in [6, 6.07) is 0.00582. The van der Waals surface area contributed by atoms with Gasteiger partial charge in [-0.15, -0.1) is 0 Å². The van der Waals surface area contributed by atoms with Crippen LogP contribution in [-0.2, 0) is 14.3 Å². The maximum absolute atomic E-state index is 12.1. The Kier molecular flexibility index (Phi) is 4.94. The van der Waals surface area contributed by atoms with E-state index >= 15 is 0 Å². The Hall–Kier alpha value is -0.690. The van der Waals surface area contributed by atoms with Crippen LogP contribution in [0.15, 0.2) is 0 Å². The van der Waals surface area contributed by atoms with E-state index in [4.69, 9.17) is 15.2 Å². The largest absolute Gasteiger partial charge is 0.378 e. The molecule has 2 heterocycles. The highest BCUT2D eigenvalue weighted by Gasteiger charge is 2.26. The number of carbonyl (C=O) groups excluding carboxylic acids is 1. The Morgan fingerprint density at radius 3 is 2.72 bits per heavy atom. The van der Waals surface area contributed by atoms with Gasteiger partial charge in [-0.25, -0.2) is 0 Å². The summed E-state index contributed by atoms with van der Waals surface area (Å²) in [5.41, 5.74) is 5.84. The molecule has 2 fully saturated rings. The molecule has 0 aromatic rings. The zero-order valence-electron chi connectivity index (χ0n) is 11.0. The quantitative estimate of drug-likeness (QED) is 0.694. The molecule has 0 aliphatic carbocycles. The molecule has 2 unspecified atom stereocenters. The average Bonchev–Trinajstić information content (AvgIpc) is 2.40. The fraction of sp³-hybridized carbons (Fsp3) is 0.917. The van der Waals surface area contributed by atoms with Gasteiger partial charge in [0.05, 0.1) is 32.5 Å². The highest BCUT2D eigenvalue weighted by atomic mass is 16.5. The minimum Gasteiger partial charge on any atom is -0.378 e. The maximum atomic E-state index is 12.1. The number of nitrogens with two attached hydrogens (primary N) is 1. The van der Waals surface area contributed by atoms with Crippen molar-refractivity contribution in [3.63, 3.8) is 0 Å². The first-order valence-corrected chi connectivity index (χ1v) is 6.62. The van der Waals surface area contributed by atoms with E-state index < -0.39 is 0 Å². The Labute approximate surface area is 108 Å². The number of ether oxygens (including phenoxy) is 2. The minimum atomic E-state index is 0.00582. The van der Waals surface area contributed by atoms with Gasteiger partial charge in [0.25, 0.3) is 0 Å². The van der Waals surface area contributed by atoms with Crippen LogP contribution in [0.3, 0.4) is 0 Å². The van der Waals surface area contributed by atoms with Crippen molar-refractivity contribution in [3.8, 4) is 0 Å². The van der Waals surface area contributed by atoms with Crippen LogP contribution >= 0.6 is 0 Å². The van der Waals surface area contributed by atoms with E-state index in [0.717, 1.165) is 13.1 Å². The lowest BCUT2D eigenvalue weighted by atomic mass is 10.1. The van der Waals surface area contributed by atoms with Crippen molar-refractivity contribution in [2.75, 3.05) is 52.5 Å². The van der Waals surface area contributed by atoms with Gasteiger partial charge in [-0.1, -0.05) is 0 Å². The van der Waals surface area contributed by atoms with Gasteiger partial charge in [-0.2, -0.15) is 0 Å². The Morgan fingerprint density at radius 1 is 1.33 bits per heavy atom. The lowest BCUT2D eigenvalue weighted by molar-refractivity contribution is -0.138. The van der Waals surface area contributed by atoms with Crippen LogP contribution < -0.4 is 5.73 Å². The van der Waals surface area contributed by atoms with Gasteiger partial charge < -0.3 is 20.1 Å². The van der Waals surface area contributed by atoms with E-state index in [1.165, 1.54) is 0 Å².